The minimum atomic E-state index is -0.376. The summed E-state index contributed by atoms with van der Waals surface area (Å²) >= 11 is 5.85. The van der Waals surface area contributed by atoms with Crippen LogP contribution in [-0.2, 0) is 0 Å². The number of benzene rings is 2. The van der Waals surface area contributed by atoms with Crippen molar-refractivity contribution in [1.29, 1.82) is 0 Å². The Hall–Kier alpha value is -2.79. The number of amides is 1. The van der Waals surface area contributed by atoms with Gasteiger partial charge in [0.05, 0.1) is 12.8 Å². The molecule has 0 aliphatic carbocycles. The van der Waals surface area contributed by atoms with Gasteiger partial charge >= 0.3 is 0 Å². The van der Waals surface area contributed by atoms with E-state index in [1.54, 1.807) is 55.6 Å². The second kappa shape index (κ2) is 6.54. The lowest BCUT2D eigenvalue weighted by atomic mass is 10.1. The van der Waals surface area contributed by atoms with Gasteiger partial charge in [0.15, 0.2) is 11.5 Å². The molecule has 0 bridgehead atoms. The van der Waals surface area contributed by atoms with Gasteiger partial charge in [0.1, 0.15) is 5.75 Å². The molecule has 3 aromatic rings. The van der Waals surface area contributed by atoms with E-state index in [0.29, 0.717) is 22.2 Å². The number of nitrogens with one attached hydrogen (secondary N) is 1. The topological polar surface area (TPSA) is 64.4 Å². The Bertz CT molecular complexity index is 828. The molecule has 0 saturated carbocycles. The van der Waals surface area contributed by atoms with Crippen molar-refractivity contribution in [3.05, 3.63) is 65.3 Å². The van der Waals surface area contributed by atoms with Crippen molar-refractivity contribution in [2.75, 3.05) is 12.4 Å². The van der Waals surface area contributed by atoms with Crippen LogP contribution in [0.5, 0.6) is 5.75 Å². The molecule has 5 nitrogen and oxygen atoms in total. The molecule has 0 unspecified atom stereocenters. The van der Waals surface area contributed by atoms with E-state index in [9.17, 15) is 4.79 Å². The molecule has 116 valence electrons. The standard InChI is InChI=1S/C17H13ClN2O3/c1-22-15-5-3-2-4-13(15)19-17(21)14-10-16(23-20-14)11-6-8-12(18)9-7-11/h2-10H,1H3,(H,19,21). The van der Waals surface area contributed by atoms with E-state index < -0.39 is 0 Å². The largest absolute Gasteiger partial charge is 0.495 e. The lowest BCUT2D eigenvalue weighted by Crippen LogP contribution is -2.12. The predicted octanol–water partition coefficient (Wildman–Crippen LogP) is 4.26. The lowest BCUT2D eigenvalue weighted by molar-refractivity contribution is 0.101. The van der Waals surface area contributed by atoms with E-state index in [1.807, 2.05) is 6.07 Å². The molecule has 0 aliphatic heterocycles. The van der Waals surface area contributed by atoms with Crippen molar-refractivity contribution in [3.8, 4) is 17.1 Å². The summed E-state index contributed by atoms with van der Waals surface area (Å²) in [6.45, 7) is 0. The first kappa shape index (κ1) is 15.1. The number of para-hydroxylation sites is 2. The van der Waals surface area contributed by atoms with Crippen LogP contribution in [0.3, 0.4) is 0 Å². The van der Waals surface area contributed by atoms with E-state index in [0.717, 1.165) is 5.56 Å². The van der Waals surface area contributed by atoms with Gasteiger partial charge in [-0.25, -0.2) is 0 Å². The maximum atomic E-state index is 12.3. The number of aromatic nitrogens is 1. The monoisotopic (exact) mass is 328 g/mol. The van der Waals surface area contributed by atoms with Crippen LogP contribution in [0.4, 0.5) is 5.69 Å². The number of nitrogens with zero attached hydrogens (tertiary/aromatic N) is 1. The predicted molar refractivity (Wildman–Crippen MR) is 87.9 cm³/mol. The maximum absolute atomic E-state index is 12.3. The number of carbonyl (C=O) groups is 1. The fraction of sp³-hybridized carbons (Fsp3) is 0.0588. The van der Waals surface area contributed by atoms with Crippen LogP contribution in [0.15, 0.2) is 59.1 Å². The lowest BCUT2D eigenvalue weighted by Gasteiger charge is -2.08. The Kier molecular flexibility index (Phi) is 4.30. The average Bonchev–Trinajstić information content (AvgIpc) is 3.06. The molecule has 1 aromatic heterocycles. The summed E-state index contributed by atoms with van der Waals surface area (Å²) in [6, 6.07) is 15.8. The Morgan fingerprint density at radius 3 is 2.65 bits per heavy atom. The first-order valence-corrected chi connectivity index (χ1v) is 7.22. The summed E-state index contributed by atoms with van der Waals surface area (Å²) in [5.41, 5.74) is 1.54. The quantitative estimate of drug-likeness (QED) is 0.777. The number of methoxy groups -OCH3 is 1. The summed E-state index contributed by atoms with van der Waals surface area (Å²) in [5, 5.41) is 7.18. The zero-order chi connectivity index (χ0) is 16.2. The van der Waals surface area contributed by atoms with Gasteiger partial charge in [-0.05, 0) is 36.4 Å². The Labute approximate surface area is 137 Å². The number of carbonyl (C=O) groups excluding carboxylic acids is 1. The van der Waals surface area contributed by atoms with E-state index in [1.165, 1.54) is 0 Å². The average molecular weight is 329 g/mol. The zero-order valence-corrected chi connectivity index (χ0v) is 13.0. The number of anilines is 1. The highest BCUT2D eigenvalue weighted by Crippen LogP contribution is 2.25. The van der Waals surface area contributed by atoms with Crippen LogP contribution >= 0.6 is 11.6 Å². The molecular formula is C17H13ClN2O3. The molecule has 1 amide bonds. The number of hydrogen-bond acceptors (Lipinski definition) is 4. The third kappa shape index (κ3) is 3.35. The van der Waals surface area contributed by atoms with E-state index in [2.05, 4.69) is 10.5 Å². The Morgan fingerprint density at radius 1 is 1.17 bits per heavy atom. The fourth-order valence-corrected chi connectivity index (χ4v) is 2.19. The third-order valence-electron chi connectivity index (χ3n) is 3.23. The van der Waals surface area contributed by atoms with Gasteiger partial charge in [0.2, 0.25) is 0 Å². The van der Waals surface area contributed by atoms with Crippen LogP contribution in [0.25, 0.3) is 11.3 Å². The van der Waals surface area contributed by atoms with E-state index >= 15 is 0 Å². The number of rotatable bonds is 4. The second-order valence-corrected chi connectivity index (χ2v) is 5.17. The smallest absolute Gasteiger partial charge is 0.277 e. The molecule has 3 rings (SSSR count). The van der Waals surface area contributed by atoms with Gasteiger partial charge in [0.25, 0.3) is 5.91 Å². The van der Waals surface area contributed by atoms with Crippen LogP contribution in [-0.4, -0.2) is 18.2 Å². The molecule has 1 N–H and O–H groups in total. The van der Waals surface area contributed by atoms with Crippen LogP contribution in [0.1, 0.15) is 10.5 Å². The molecule has 0 aliphatic rings. The molecule has 23 heavy (non-hydrogen) atoms. The first-order valence-electron chi connectivity index (χ1n) is 6.84. The molecule has 0 spiro atoms. The molecule has 6 heteroatoms. The van der Waals surface area contributed by atoms with Crippen LogP contribution < -0.4 is 10.1 Å². The van der Waals surface area contributed by atoms with Gasteiger partial charge in [-0.2, -0.15) is 0 Å². The van der Waals surface area contributed by atoms with Gasteiger partial charge in [-0.3, -0.25) is 4.79 Å². The fourth-order valence-electron chi connectivity index (χ4n) is 2.07. The first-order chi connectivity index (χ1) is 11.2. The van der Waals surface area contributed by atoms with Crippen LogP contribution in [0, 0.1) is 0 Å². The van der Waals surface area contributed by atoms with Gasteiger partial charge in [0, 0.05) is 16.7 Å². The van der Waals surface area contributed by atoms with E-state index in [4.69, 9.17) is 20.9 Å². The summed E-state index contributed by atoms with van der Waals surface area (Å²) in [7, 11) is 1.54. The second-order valence-electron chi connectivity index (χ2n) is 4.74. The summed E-state index contributed by atoms with van der Waals surface area (Å²) in [6.07, 6.45) is 0. The van der Waals surface area contributed by atoms with Crippen molar-refractivity contribution in [1.82, 2.24) is 5.16 Å². The number of hydrogen-bond donors (Lipinski definition) is 1. The molecule has 1 heterocycles. The normalized spacial score (nSPS) is 10.3. The van der Waals surface area contributed by atoms with Gasteiger partial charge in [-0.15, -0.1) is 0 Å². The maximum Gasteiger partial charge on any atom is 0.277 e. The summed E-state index contributed by atoms with van der Waals surface area (Å²) in [4.78, 5) is 12.3. The van der Waals surface area contributed by atoms with Crippen molar-refractivity contribution in [2.45, 2.75) is 0 Å². The highest BCUT2D eigenvalue weighted by Gasteiger charge is 2.15. The molecule has 0 fully saturated rings. The molecule has 2 aromatic carbocycles. The molecular weight excluding hydrogens is 316 g/mol. The molecule has 0 saturated heterocycles. The third-order valence-corrected chi connectivity index (χ3v) is 3.48. The minimum absolute atomic E-state index is 0.181. The highest BCUT2D eigenvalue weighted by molar-refractivity contribution is 6.30. The van der Waals surface area contributed by atoms with Crippen molar-refractivity contribution in [2.24, 2.45) is 0 Å². The SMILES string of the molecule is COc1ccccc1NC(=O)c1cc(-c2ccc(Cl)cc2)on1. The zero-order valence-electron chi connectivity index (χ0n) is 12.2. The van der Waals surface area contributed by atoms with Crippen molar-refractivity contribution < 1.29 is 14.1 Å². The minimum Gasteiger partial charge on any atom is -0.495 e. The number of halogens is 1. The Balaban J connectivity index is 1.80. The Morgan fingerprint density at radius 2 is 1.91 bits per heavy atom. The summed E-state index contributed by atoms with van der Waals surface area (Å²) in [5.74, 6) is 0.688. The van der Waals surface area contributed by atoms with Gasteiger partial charge in [-0.1, -0.05) is 28.9 Å². The van der Waals surface area contributed by atoms with E-state index in [-0.39, 0.29) is 11.6 Å². The molecule has 0 radical (unpaired) electrons. The van der Waals surface area contributed by atoms with Crippen LogP contribution in [0.2, 0.25) is 5.02 Å². The highest BCUT2D eigenvalue weighted by atomic mass is 35.5. The summed E-state index contributed by atoms with van der Waals surface area (Å²) < 4.78 is 10.4. The number of ether oxygens (including phenoxy) is 1. The van der Waals surface area contributed by atoms with Gasteiger partial charge < -0.3 is 14.6 Å². The molecule has 0 atom stereocenters. The van der Waals surface area contributed by atoms with Crippen molar-refractivity contribution in [3.63, 3.8) is 0 Å². The van der Waals surface area contributed by atoms with Crippen molar-refractivity contribution >= 4 is 23.2 Å².